The summed E-state index contributed by atoms with van der Waals surface area (Å²) in [7, 11) is 0. The topological polar surface area (TPSA) is 79.8 Å². The third-order valence-corrected chi connectivity index (χ3v) is 4.34. The van der Waals surface area contributed by atoms with E-state index in [1.807, 2.05) is 66.7 Å². The maximum Gasteiger partial charge on any atom is 0.238 e. The molecule has 0 saturated carbocycles. The highest BCUT2D eigenvalue weighted by Crippen LogP contribution is 2.21. The van der Waals surface area contributed by atoms with Gasteiger partial charge < -0.3 is 5.32 Å². The third-order valence-electron chi connectivity index (χ3n) is 4.34. The average Bonchev–Trinajstić information content (AvgIpc) is 2.76. The summed E-state index contributed by atoms with van der Waals surface area (Å²) in [6.45, 7) is 0.112. The number of aromatic nitrogens is 3. The smallest absolute Gasteiger partial charge is 0.238 e. The molecule has 3 aromatic heterocycles. The van der Waals surface area contributed by atoms with Crippen LogP contribution >= 0.6 is 0 Å². The van der Waals surface area contributed by atoms with Gasteiger partial charge in [0.2, 0.25) is 5.91 Å². The zero-order valence-electron chi connectivity index (χ0n) is 15.1. The Morgan fingerprint density at radius 2 is 1.46 bits per heavy atom. The number of fused-ring (bicyclic) bond motifs is 1. The van der Waals surface area contributed by atoms with Crippen molar-refractivity contribution in [2.75, 3.05) is 11.9 Å². The van der Waals surface area contributed by atoms with Crippen molar-refractivity contribution in [2.24, 2.45) is 0 Å². The number of nitrogens with one attached hydrogen (secondary N) is 2. The molecule has 0 bridgehead atoms. The van der Waals surface area contributed by atoms with Crippen molar-refractivity contribution in [3.63, 3.8) is 0 Å². The number of rotatable bonds is 6. The van der Waals surface area contributed by atoms with Gasteiger partial charge in [-0.15, -0.1) is 0 Å². The van der Waals surface area contributed by atoms with E-state index in [2.05, 4.69) is 25.6 Å². The number of anilines is 1. The van der Waals surface area contributed by atoms with Crippen molar-refractivity contribution in [3.05, 3.63) is 96.7 Å². The lowest BCUT2D eigenvalue weighted by molar-refractivity contribution is -0.115. The lowest BCUT2D eigenvalue weighted by Gasteiger charge is -2.18. The molecule has 2 N–H and O–H groups in total. The first-order valence-electron chi connectivity index (χ1n) is 9.00. The molecule has 0 radical (unpaired) electrons. The van der Waals surface area contributed by atoms with Crippen LogP contribution in [0.2, 0.25) is 0 Å². The van der Waals surface area contributed by atoms with Gasteiger partial charge in [0.05, 0.1) is 35.2 Å². The SMILES string of the molecule is O=C(CNC(c1ccccn1)c1ccccn1)Nc1cccc2cccnc12. The first-order chi connectivity index (χ1) is 13.8. The number of amides is 1. The zero-order chi connectivity index (χ0) is 19.2. The molecule has 6 nitrogen and oxygen atoms in total. The van der Waals surface area contributed by atoms with E-state index in [9.17, 15) is 4.79 Å². The molecule has 1 aromatic carbocycles. The van der Waals surface area contributed by atoms with Gasteiger partial charge >= 0.3 is 0 Å². The molecule has 1 amide bonds. The molecule has 4 rings (SSSR count). The molecule has 4 aromatic rings. The van der Waals surface area contributed by atoms with E-state index in [4.69, 9.17) is 0 Å². The fraction of sp³-hybridized carbons (Fsp3) is 0.0909. The van der Waals surface area contributed by atoms with E-state index in [1.165, 1.54) is 0 Å². The Morgan fingerprint density at radius 3 is 2.14 bits per heavy atom. The van der Waals surface area contributed by atoms with E-state index in [-0.39, 0.29) is 18.5 Å². The molecule has 138 valence electrons. The monoisotopic (exact) mass is 369 g/mol. The van der Waals surface area contributed by atoms with E-state index in [0.29, 0.717) is 5.69 Å². The normalized spacial score (nSPS) is 10.9. The minimum Gasteiger partial charge on any atom is -0.323 e. The van der Waals surface area contributed by atoms with E-state index in [0.717, 1.165) is 22.3 Å². The van der Waals surface area contributed by atoms with Crippen molar-refractivity contribution >= 4 is 22.5 Å². The van der Waals surface area contributed by atoms with Gasteiger partial charge in [0.15, 0.2) is 0 Å². The molecule has 0 saturated heterocycles. The Bertz CT molecular complexity index is 1020. The van der Waals surface area contributed by atoms with Crippen LogP contribution in [0, 0.1) is 0 Å². The number of carbonyl (C=O) groups is 1. The van der Waals surface area contributed by atoms with Gasteiger partial charge in [-0.3, -0.25) is 25.1 Å². The van der Waals surface area contributed by atoms with Crippen LogP contribution in [-0.2, 0) is 4.79 Å². The highest BCUT2D eigenvalue weighted by atomic mass is 16.1. The number of hydrogen-bond donors (Lipinski definition) is 2. The largest absolute Gasteiger partial charge is 0.323 e. The van der Waals surface area contributed by atoms with Gasteiger partial charge in [-0.05, 0) is 36.4 Å². The minimum absolute atomic E-state index is 0.112. The van der Waals surface area contributed by atoms with Gasteiger partial charge in [-0.2, -0.15) is 0 Å². The lowest BCUT2D eigenvalue weighted by Crippen LogP contribution is -2.32. The van der Waals surface area contributed by atoms with Gasteiger partial charge in [0.25, 0.3) is 0 Å². The van der Waals surface area contributed by atoms with Crippen LogP contribution < -0.4 is 10.6 Å². The summed E-state index contributed by atoms with van der Waals surface area (Å²) >= 11 is 0. The van der Waals surface area contributed by atoms with Crippen molar-refractivity contribution < 1.29 is 4.79 Å². The number of pyridine rings is 3. The van der Waals surface area contributed by atoms with E-state index in [1.54, 1.807) is 18.6 Å². The number of hydrogen-bond acceptors (Lipinski definition) is 5. The molecular formula is C22H19N5O. The summed E-state index contributed by atoms with van der Waals surface area (Å²) in [5.74, 6) is -0.157. The average molecular weight is 369 g/mol. The second kappa shape index (κ2) is 8.37. The number of benzene rings is 1. The van der Waals surface area contributed by atoms with Crippen LogP contribution in [0.5, 0.6) is 0 Å². The van der Waals surface area contributed by atoms with Gasteiger partial charge in [0, 0.05) is 24.0 Å². The van der Waals surface area contributed by atoms with Gasteiger partial charge in [-0.25, -0.2) is 0 Å². The van der Waals surface area contributed by atoms with Crippen molar-refractivity contribution in [1.82, 2.24) is 20.3 Å². The maximum absolute atomic E-state index is 12.6. The van der Waals surface area contributed by atoms with Crippen LogP contribution in [0.15, 0.2) is 85.3 Å². The number of para-hydroxylation sites is 1. The van der Waals surface area contributed by atoms with Crippen LogP contribution in [-0.4, -0.2) is 27.4 Å². The maximum atomic E-state index is 12.6. The predicted molar refractivity (Wildman–Crippen MR) is 109 cm³/mol. The molecular weight excluding hydrogens is 350 g/mol. The number of carbonyl (C=O) groups excluding carboxylic acids is 1. The summed E-state index contributed by atoms with van der Waals surface area (Å²) in [6.07, 6.45) is 5.18. The molecule has 28 heavy (non-hydrogen) atoms. The Hall–Kier alpha value is -3.64. The first kappa shape index (κ1) is 17.8. The standard InChI is InChI=1S/C22H19N5O/c28-20(27-19-11-5-7-16-8-6-14-25-21(16)19)15-26-22(17-9-1-3-12-23-17)18-10-2-4-13-24-18/h1-14,22,26H,15H2,(H,27,28). The minimum atomic E-state index is -0.279. The molecule has 0 aliphatic rings. The Balaban J connectivity index is 1.50. The second-order valence-electron chi connectivity index (χ2n) is 6.25. The van der Waals surface area contributed by atoms with Crippen LogP contribution in [0.4, 0.5) is 5.69 Å². The third kappa shape index (κ3) is 4.02. The Morgan fingerprint density at radius 1 is 0.786 bits per heavy atom. The van der Waals surface area contributed by atoms with Crippen molar-refractivity contribution in [3.8, 4) is 0 Å². The Labute approximate surface area is 162 Å². The first-order valence-corrected chi connectivity index (χ1v) is 9.00. The van der Waals surface area contributed by atoms with Crippen LogP contribution in [0.25, 0.3) is 10.9 Å². The van der Waals surface area contributed by atoms with E-state index >= 15 is 0 Å². The van der Waals surface area contributed by atoms with Crippen LogP contribution in [0.1, 0.15) is 17.4 Å². The molecule has 6 heteroatoms. The predicted octanol–water partition coefficient (Wildman–Crippen LogP) is 3.34. The van der Waals surface area contributed by atoms with Crippen molar-refractivity contribution in [1.29, 1.82) is 0 Å². The quantitative estimate of drug-likeness (QED) is 0.545. The fourth-order valence-corrected chi connectivity index (χ4v) is 3.05. The second-order valence-corrected chi connectivity index (χ2v) is 6.25. The number of nitrogens with zero attached hydrogens (tertiary/aromatic N) is 3. The molecule has 0 fully saturated rings. The highest BCUT2D eigenvalue weighted by Gasteiger charge is 2.17. The lowest BCUT2D eigenvalue weighted by atomic mass is 10.1. The summed E-state index contributed by atoms with van der Waals surface area (Å²) < 4.78 is 0. The zero-order valence-corrected chi connectivity index (χ0v) is 15.1. The fourth-order valence-electron chi connectivity index (χ4n) is 3.05. The summed E-state index contributed by atoms with van der Waals surface area (Å²) in [4.78, 5) is 25.8. The molecule has 0 atom stereocenters. The Kier molecular flexibility index (Phi) is 5.31. The van der Waals surface area contributed by atoms with Gasteiger partial charge in [0.1, 0.15) is 0 Å². The summed E-state index contributed by atoms with van der Waals surface area (Å²) in [6, 6.07) is 20.7. The highest BCUT2D eigenvalue weighted by molar-refractivity contribution is 6.00. The molecule has 3 heterocycles. The molecule has 0 aliphatic carbocycles. The van der Waals surface area contributed by atoms with Crippen molar-refractivity contribution in [2.45, 2.75) is 6.04 Å². The summed E-state index contributed by atoms with van der Waals surface area (Å²) in [5.41, 5.74) is 3.07. The van der Waals surface area contributed by atoms with Crippen LogP contribution in [0.3, 0.4) is 0 Å². The van der Waals surface area contributed by atoms with Gasteiger partial charge in [-0.1, -0.05) is 30.3 Å². The molecule has 0 unspecified atom stereocenters. The molecule has 0 aliphatic heterocycles. The molecule has 0 spiro atoms. The van der Waals surface area contributed by atoms with E-state index < -0.39 is 0 Å². The summed E-state index contributed by atoms with van der Waals surface area (Å²) in [5, 5.41) is 7.18.